The summed E-state index contributed by atoms with van der Waals surface area (Å²) in [5.74, 6) is 0.900. The van der Waals surface area contributed by atoms with Crippen LogP contribution in [-0.2, 0) is 0 Å². The van der Waals surface area contributed by atoms with E-state index < -0.39 is 0 Å². The van der Waals surface area contributed by atoms with E-state index >= 15 is 0 Å². The molecule has 0 saturated heterocycles. The molecular formula is C10H15N. The molecule has 0 amide bonds. The third-order valence-electron chi connectivity index (χ3n) is 2.18. The van der Waals surface area contributed by atoms with Gasteiger partial charge >= 0.3 is 0 Å². The molecule has 0 heterocycles. The zero-order valence-electron chi connectivity index (χ0n) is 7.14. The van der Waals surface area contributed by atoms with Gasteiger partial charge in [-0.15, -0.1) is 0 Å². The van der Waals surface area contributed by atoms with Gasteiger partial charge in [0.15, 0.2) is 0 Å². The monoisotopic (exact) mass is 149 g/mol. The Morgan fingerprint density at radius 2 is 2.36 bits per heavy atom. The molecule has 0 radical (unpaired) electrons. The molecule has 0 aromatic carbocycles. The minimum absolute atomic E-state index is 0.703. The lowest BCUT2D eigenvalue weighted by Gasteiger charge is -1.94. The Morgan fingerprint density at radius 3 is 2.91 bits per heavy atom. The Kier molecular flexibility index (Phi) is 3.16. The van der Waals surface area contributed by atoms with E-state index in [9.17, 15) is 0 Å². The predicted molar refractivity (Wildman–Crippen MR) is 45.9 cm³/mol. The summed E-state index contributed by atoms with van der Waals surface area (Å²) < 4.78 is 0. The molecule has 0 spiro atoms. The van der Waals surface area contributed by atoms with Crippen LogP contribution < -0.4 is 0 Å². The predicted octanol–water partition coefficient (Wildman–Crippen LogP) is 3.04. The van der Waals surface area contributed by atoms with Crippen LogP contribution in [0.1, 0.15) is 39.0 Å². The molecule has 1 nitrogen and oxygen atoms in total. The second kappa shape index (κ2) is 4.18. The molecule has 0 aromatic rings. The van der Waals surface area contributed by atoms with Gasteiger partial charge in [0, 0.05) is 6.42 Å². The normalized spacial score (nSPS) is 18.0. The number of allylic oxidation sites excluding steroid dienone is 2. The van der Waals surface area contributed by atoms with Crippen molar-refractivity contribution in [3.63, 3.8) is 0 Å². The van der Waals surface area contributed by atoms with Crippen LogP contribution in [0.15, 0.2) is 11.6 Å². The number of hydrogen-bond donors (Lipinski definition) is 0. The quantitative estimate of drug-likeness (QED) is 0.445. The summed E-state index contributed by atoms with van der Waals surface area (Å²) in [5.41, 5.74) is 1.54. The van der Waals surface area contributed by atoms with Gasteiger partial charge in [-0.1, -0.05) is 11.6 Å². The molecule has 0 aromatic heterocycles. The second-order valence-electron chi connectivity index (χ2n) is 3.27. The van der Waals surface area contributed by atoms with E-state index in [2.05, 4.69) is 19.1 Å². The van der Waals surface area contributed by atoms with Gasteiger partial charge in [0.2, 0.25) is 0 Å². The zero-order chi connectivity index (χ0) is 8.10. The molecule has 1 fully saturated rings. The molecule has 1 aliphatic rings. The lowest BCUT2D eigenvalue weighted by molar-refractivity contribution is 0.856. The molecule has 0 unspecified atom stereocenters. The Morgan fingerprint density at radius 1 is 1.64 bits per heavy atom. The molecule has 1 aliphatic carbocycles. The van der Waals surface area contributed by atoms with Crippen molar-refractivity contribution in [2.24, 2.45) is 5.92 Å². The van der Waals surface area contributed by atoms with Crippen LogP contribution >= 0.6 is 0 Å². The number of rotatable bonds is 4. The van der Waals surface area contributed by atoms with Crippen LogP contribution in [0.5, 0.6) is 0 Å². The van der Waals surface area contributed by atoms with Gasteiger partial charge < -0.3 is 0 Å². The van der Waals surface area contributed by atoms with Gasteiger partial charge in [-0.25, -0.2) is 0 Å². The highest BCUT2D eigenvalue weighted by atomic mass is 14.3. The summed E-state index contributed by atoms with van der Waals surface area (Å²) in [6, 6.07) is 2.16. The maximum Gasteiger partial charge on any atom is 0.0621 e. The molecule has 0 aliphatic heterocycles. The fourth-order valence-corrected chi connectivity index (χ4v) is 1.22. The zero-order valence-corrected chi connectivity index (χ0v) is 7.14. The summed E-state index contributed by atoms with van der Waals surface area (Å²) in [7, 11) is 0. The molecule has 0 N–H and O–H groups in total. The van der Waals surface area contributed by atoms with Gasteiger partial charge in [-0.2, -0.15) is 5.26 Å². The third kappa shape index (κ3) is 3.23. The van der Waals surface area contributed by atoms with Gasteiger partial charge in [0.05, 0.1) is 6.07 Å². The SMILES string of the molecule is C/C(=C\CCCC#N)C1CC1. The highest BCUT2D eigenvalue weighted by Crippen LogP contribution is 2.36. The molecule has 60 valence electrons. The average Bonchev–Trinajstić information content (AvgIpc) is 2.79. The van der Waals surface area contributed by atoms with Crippen LogP contribution in [0, 0.1) is 17.2 Å². The lowest BCUT2D eigenvalue weighted by atomic mass is 10.1. The smallest absolute Gasteiger partial charge is 0.0621 e. The van der Waals surface area contributed by atoms with Crippen LogP contribution in [-0.4, -0.2) is 0 Å². The van der Waals surface area contributed by atoms with Crippen molar-refractivity contribution in [1.82, 2.24) is 0 Å². The molecule has 1 rings (SSSR count). The second-order valence-corrected chi connectivity index (χ2v) is 3.27. The Bertz CT molecular complexity index is 182. The van der Waals surface area contributed by atoms with Crippen LogP contribution in [0.4, 0.5) is 0 Å². The van der Waals surface area contributed by atoms with Crippen LogP contribution in [0.25, 0.3) is 0 Å². The first-order valence-corrected chi connectivity index (χ1v) is 4.38. The van der Waals surface area contributed by atoms with E-state index in [1.807, 2.05) is 0 Å². The van der Waals surface area contributed by atoms with Gasteiger partial charge in [-0.05, 0) is 38.5 Å². The van der Waals surface area contributed by atoms with Crippen molar-refractivity contribution < 1.29 is 0 Å². The average molecular weight is 149 g/mol. The minimum atomic E-state index is 0.703. The van der Waals surface area contributed by atoms with Crippen molar-refractivity contribution in [3.8, 4) is 6.07 Å². The summed E-state index contributed by atoms with van der Waals surface area (Å²) in [6.07, 6.45) is 7.90. The fraction of sp³-hybridized carbons (Fsp3) is 0.700. The first kappa shape index (κ1) is 8.33. The number of hydrogen-bond acceptors (Lipinski definition) is 1. The largest absolute Gasteiger partial charge is 0.198 e. The summed E-state index contributed by atoms with van der Waals surface area (Å²) in [6.45, 7) is 2.21. The molecular weight excluding hydrogens is 134 g/mol. The highest BCUT2D eigenvalue weighted by molar-refractivity contribution is 5.09. The van der Waals surface area contributed by atoms with Crippen LogP contribution in [0.3, 0.4) is 0 Å². The Labute approximate surface area is 68.7 Å². The fourth-order valence-electron chi connectivity index (χ4n) is 1.22. The van der Waals surface area contributed by atoms with Crippen molar-refractivity contribution in [1.29, 1.82) is 5.26 Å². The first-order chi connectivity index (χ1) is 5.34. The van der Waals surface area contributed by atoms with Crippen LogP contribution in [0.2, 0.25) is 0 Å². The topological polar surface area (TPSA) is 23.8 Å². The van der Waals surface area contributed by atoms with E-state index in [4.69, 9.17) is 5.26 Å². The molecule has 11 heavy (non-hydrogen) atoms. The van der Waals surface area contributed by atoms with E-state index in [-0.39, 0.29) is 0 Å². The number of nitrogens with zero attached hydrogens (tertiary/aromatic N) is 1. The summed E-state index contributed by atoms with van der Waals surface area (Å²) in [4.78, 5) is 0. The Balaban J connectivity index is 2.08. The van der Waals surface area contributed by atoms with E-state index in [0.29, 0.717) is 6.42 Å². The van der Waals surface area contributed by atoms with Gasteiger partial charge in [0.25, 0.3) is 0 Å². The Hall–Kier alpha value is -0.770. The van der Waals surface area contributed by atoms with E-state index in [1.54, 1.807) is 5.57 Å². The van der Waals surface area contributed by atoms with Crippen molar-refractivity contribution >= 4 is 0 Å². The van der Waals surface area contributed by atoms with Crippen molar-refractivity contribution in [2.75, 3.05) is 0 Å². The van der Waals surface area contributed by atoms with E-state index in [1.165, 1.54) is 12.8 Å². The minimum Gasteiger partial charge on any atom is -0.198 e. The van der Waals surface area contributed by atoms with Gasteiger partial charge in [-0.3, -0.25) is 0 Å². The third-order valence-corrected chi connectivity index (χ3v) is 2.18. The van der Waals surface area contributed by atoms with E-state index in [0.717, 1.165) is 18.8 Å². The standard InChI is InChI=1S/C10H15N/c1-9(10-6-7-10)5-3-2-4-8-11/h5,10H,2-4,6-7H2,1H3/b9-5+. The highest BCUT2D eigenvalue weighted by Gasteiger charge is 2.22. The number of nitriles is 1. The van der Waals surface area contributed by atoms with Crippen molar-refractivity contribution in [3.05, 3.63) is 11.6 Å². The molecule has 1 saturated carbocycles. The van der Waals surface area contributed by atoms with Crippen molar-refractivity contribution in [2.45, 2.75) is 39.0 Å². The lowest BCUT2D eigenvalue weighted by Crippen LogP contribution is -1.78. The molecule has 0 atom stereocenters. The summed E-state index contributed by atoms with van der Waals surface area (Å²) >= 11 is 0. The summed E-state index contributed by atoms with van der Waals surface area (Å²) in [5, 5.41) is 8.28. The maximum absolute atomic E-state index is 8.28. The molecule has 0 bridgehead atoms. The molecule has 1 heteroatoms. The maximum atomic E-state index is 8.28. The van der Waals surface area contributed by atoms with Gasteiger partial charge in [0.1, 0.15) is 0 Å². The number of unbranched alkanes of at least 4 members (excludes halogenated alkanes) is 2. The first-order valence-electron chi connectivity index (χ1n) is 4.38.